The van der Waals surface area contributed by atoms with Crippen LogP contribution in [0.2, 0.25) is 0 Å². The van der Waals surface area contributed by atoms with E-state index in [0.29, 0.717) is 17.8 Å². The Morgan fingerprint density at radius 2 is 1.52 bits per heavy atom. The van der Waals surface area contributed by atoms with E-state index in [2.05, 4.69) is 61.5 Å². The van der Waals surface area contributed by atoms with Crippen LogP contribution >= 0.6 is 0 Å². The molecule has 0 heterocycles. The second-order valence-corrected chi connectivity index (χ2v) is 15.0. The fourth-order valence-corrected chi connectivity index (χ4v) is 11.2. The second kappa shape index (κ2) is 7.10. The lowest BCUT2D eigenvalue weighted by Crippen LogP contribution is -2.66. The number of hydrogen-bond acceptors (Lipinski definition) is 3. The zero-order valence-corrected chi connectivity index (χ0v) is 22.5. The number of fused-ring (bicyclic) bond motifs is 7. The Labute approximate surface area is 202 Å². The lowest BCUT2D eigenvalue weighted by molar-refractivity contribution is -0.202. The molecule has 4 saturated carbocycles. The van der Waals surface area contributed by atoms with Crippen LogP contribution in [0.1, 0.15) is 100 Å². The van der Waals surface area contributed by atoms with Gasteiger partial charge in [0, 0.05) is 5.92 Å². The van der Waals surface area contributed by atoms with E-state index in [0.717, 1.165) is 44.9 Å². The van der Waals surface area contributed by atoms with Gasteiger partial charge < -0.3 is 15.3 Å². The Kier molecular flexibility index (Phi) is 5.23. The topological polar surface area (TPSA) is 60.7 Å². The zero-order valence-electron chi connectivity index (χ0n) is 22.5. The molecule has 3 nitrogen and oxygen atoms in total. The molecule has 3 heteroatoms. The van der Waals surface area contributed by atoms with Gasteiger partial charge in [-0.25, -0.2) is 0 Å². The molecular weight excluding hydrogens is 408 g/mol. The summed E-state index contributed by atoms with van der Waals surface area (Å²) >= 11 is 0. The van der Waals surface area contributed by atoms with Gasteiger partial charge in [-0.05, 0) is 95.7 Å². The molecule has 5 aliphatic rings. The molecular formula is C30H50O3. The average molecular weight is 459 g/mol. The quantitative estimate of drug-likeness (QED) is 0.425. The summed E-state index contributed by atoms with van der Waals surface area (Å²) in [6.45, 7) is 19.0. The van der Waals surface area contributed by atoms with Gasteiger partial charge in [0.15, 0.2) is 0 Å². The summed E-state index contributed by atoms with van der Waals surface area (Å²) in [5.74, 6) is 1.92. The third kappa shape index (κ3) is 2.80. The van der Waals surface area contributed by atoms with E-state index >= 15 is 0 Å². The van der Waals surface area contributed by atoms with Crippen molar-refractivity contribution in [1.29, 1.82) is 0 Å². The van der Waals surface area contributed by atoms with Gasteiger partial charge in [-0.3, -0.25) is 0 Å². The van der Waals surface area contributed by atoms with Gasteiger partial charge in [0.1, 0.15) is 0 Å². The van der Waals surface area contributed by atoms with Gasteiger partial charge in [0.05, 0.1) is 18.3 Å². The predicted octanol–water partition coefficient (Wildman–Crippen LogP) is 5.97. The second-order valence-electron chi connectivity index (χ2n) is 15.0. The van der Waals surface area contributed by atoms with Crippen molar-refractivity contribution in [2.75, 3.05) is 0 Å². The number of hydrogen-bond donors (Lipinski definition) is 3. The lowest BCUT2D eigenvalue weighted by Gasteiger charge is -2.70. The maximum absolute atomic E-state index is 11.8. The highest BCUT2D eigenvalue weighted by molar-refractivity contribution is 5.35. The summed E-state index contributed by atoms with van der Waals surface area (Å²) in [5.41, 5.74) is 1.51. The summed E-state index contributed by atoms with van der Waals surface area (Å²) in [7, 11) is 0. The summed E-state index contributed by atoms with van der Waals surface area (Å²) < 4.78 is 0. The van der Waals surface area contributed by atoms with Crippen molar-refractivity contribution in [3.63, 3.8) is 0 Å². The maximum atomic E-state index is 11.8. The molecule has 0 amide bonds. The van der Waals surface area contributed by atoms with Crippen LogP contribution in [0.5, 0.6) is 0 Å². The fourth-order valence-electron chi connectivity index (χ4n) is 11.2. The Hall–Kier alpha value is -0.380. The lowest BCUT2D eigenvalue weighted by atomic mass is 9.35. The first kappa shape index (κ1) is 24.3. The van der Waals surface area contributed by atoms with Crippen molar-refractivity contribution in [2.45, 2.75) is 119 Å². The number of aliphatic hydroxyl groups excluding tert-OH is 3. The first-order valence-electron chi connectivity index (χ1n) is 13.9. The van der Waals surface area contributed by atoms with Gasteiger partial charge in [-0.2, -0.15) is 0 Å². The Morgan fingerprint density at radius 1 is 0.848 bits per heavy atom. The Bertz CT molecular complexity index is 845. The highest BCUT2D eigenvalue weighted by Crippen LogP contribution is 2.76. The highest BCUT2D eigenvalue weighted by Gasteiger charge is 2.71. The van der Waals surface area contributed by atoms with Crippen molar-refractivity contribution in [2.24, 2.45) is 56.7 Å². The van der Waals surface area contributed by atoms with Crippen LogP contribution in [0.15, 0.2) is 11.6 Å². The Morgan fingerprint density at radius 3 is 2.15 bits per heavy atom. The Balaban J connectivity index is 1.61. The molecule has 0 aromatic carbocycles. The van der Waals surface area contributed by atoms with E-state index in [-0.39, 0.29) is 57.2 Å². The van der Waals surface area contributed by atoms with Crippen LogP contribution in [-0.2, 0) is 0 Å². The average Bonchev–Trinajstić information content (AvgIpc) is 3.00. The number of rotatable bonds is 1. The molecule has 33 heavy (non-hydrogen) atoms. The van der Waals surface area contributed by atoms with Crippen LogP contribution in [-0.4, -0.2) is 33.6 Å². The molecule has 0 aromatic heterocycles. The summed E-state index contributed by atoms with van der Waals surface area (Å²) in [5, 5.41) is 34.2. The van der Waals surface area contributed by atoms with E-state index in [1.54, 1.807) is 0 Å². The van der Waals surface area contributed by atoms with Gasteiger partial charge in [0.2, 0.25) is 0 Å². The minimum absolute atomic E-state index is 0.00883. The van der Waals surface area contributed by atoms with Gasteiger partial charge >= 0.3 is 0 Å². The van der Waals surface area contributed by atoms with Crippen molar-refractivity contribution >= 4 is 0 Å². The molecule has 4 fully saturated rings. The minimum atomic E-state index is -0.368. The number of aliphatic hydroxyl groups is 3. The molecule has 0 bridgehead atoms. The van der Waals surface area contributed by atoms with E-state index < -0.39 is 0 Å². The van der Waals surface area contributed by atoms with Crippen LogP contribution < -0.4 is 0 Å². The first-order chi connectivity index (χ1) is 15.1. The molecule has 5 aliphatic carbocycles. The van der Waals surface area contributed by atoms with Crippen LogP contribution in [0.4, 0.5) is 0 Å². The van der Waals surface area contributed by atoms with Crippen LogP contribution in [0.3, 0.4) is 0 Å². The third-order valence-electron chi connectivity index (χ3n) is 13.2. The molecule has 0 radical (unpaired) electrons. The van der Waals surface area contributed by atoms with Crippen molar-refractivity contribution in [3.8, 4) is 0 Å². The van der Waals surface area contributed by atoms with E-state index in [1.165, 1.54) is 5.57 Å². The summed E-state index contributed by atoms with van der Waals surface area (Å²) in [4.78, 5) is 0. The minimum Gasteiger partial charge on any atom is -0.393 e. The molecule has 3 N–H and O–H groups in total. The SMILES string of the molecule is CC(C)[C@@H]1C[C@@H](O)[C@H]2[C@@]1(C)CC[C@@]1(C)[C@H]3C(=CC[C@]21C)[C@@]1(C)CC[C@H](O)C(C)(C)C1C[C@@H]3O. The van der Waals surface area contributed by atoms with Crippen molar-refractivity contribution in [3.05, 3.63) is 11.6 Å². The van der Waals surface area contributed by atoms with E-state index in [1.807, 2.05) is 0 Å². The molecule has 0 aliphatic heterocycles. The van der Waals surface area contributed by atoms with Crippen molar-refractivity contribution < 1.29 is 15.3 Å². The predicted molar refractivity (Wildman–Crippen MR) is 133 cm³/mol. The van der Waals surface area contributed by atoms with E-state index in [4.69, 9.17) is 0 Å². The van der Waals surface area contributed by atoms with Crippen LogP contribution in [0.25, 0.3) is 0 Å². The molecule has 0 spiro atoms. The fraction of sp³-hybridized carbons (Fsp3) is 0.933. The van der Waals surface area contributed by atoms with Crippen molar-refractivity contribution in [1.82, 2.24) is 0 Å². The number of allylic oxidation sites excluding steroid dienone is 1. The molecule has 11 atom stereocenters. The van der Waals surface area contributed by atoms with Gasteiger partial charge in [-0.1, -0.05) is 67.0 Å². The zero-order chi connectivity index (χ0) is 24.4. The molecule has 0 saturated heterocycles. The summed E-state index contributed by atoms with van der Waals surface area (Å²) in [6.07, 6.45) is 8.51. The first-order valence-corrected chi connectivity index (χ1v) is 13.9. The smallest absolute Gasteiger partial charge is 0.0614 e. The van der Waals surface area contributed by atoms with Crippen LogP contribution in [0, 0.1) is 56.7 Å². The summed E-state index contributed by atoms with van der Waals surface area (Å²) in [6, 6.07) is 0. The molecule has 188 valence electrons. The third-order valence-corrected chi connectivity index (χ3v) is 13.2. The largest absolute Gasteiger partial charge is 0.393 e. The highest BCUT2D eigenvalue weighted by atomic mass is 16.3. The van der Waals surface area contributed by atoms with Gasteiger partial charge in [-0.15, -0.1) is 0 Å². The molecule has 1 unspecified atom stereocenters. The van der Waals surface area contributed by atoms with Gasteiger partial charge in [0.25, 0.3) is 0 Å². The van der Waals surface area contributed by atoms with E-state index in [9.17, 15) is 15.3 Å². The monoisotopic (exact) mass is 458 g/mol. The standard InChI is InChI=1S/C30H50O3/c1-17(2)19-15-21(32)25-28(19,6)13-14-29(7)24-18(9-12-30(25,29)8)27(5)11-10-23(33)26(3,4)22(27)16-20(24)31/h9,17,19-25,31-33H,10-16H2,1-8H3/t19-,20-,21+,22?,23-,24-,25-,27+,28-,29-,30+/m0/s1. The normalized spacial score (nSPS) is 57.6. The maximum Gasteiger partial charge on any atom is 0.0614 e. The molecule has 0 aromatic rings. The molecule has 5 rings (SSSR count).